The molecule has 0 N–H and O–H groups in total. The van der Waals surface area contributed by atoms with E-state index in [1.54, 1.807) is 0 Å². The number of carbonyl (C=O) groups is 3. The molecule has 0 heterocycles. The highest BCUT2D eigenvalue weighted by atomic mass is 16.6. The molecule has 0 bridgehead atoms. The second-order valence-corrected chi connectivity index (χ2v) is 23.4. The highest BCUT2D eigenvalue weighted by Gasteiger charge is 2.19. The molecule has 6 nitrogen and oxygen atoms in total. The Labute approximate surface area is 503 Å². The van der Waals surface area contributed by atoms with Crippen molar-refractivity contribution in [1.82, 2.24) is 0 Å². The van der Waals surface area contributed by atoms with Crippen molar-refractivity contribution in [3.63, 3.8) is 0 Å². The molecule has 1 unspecified atom stereocenters. The first kappa shape index (κ1) is 77.6. The van der Waals surface area contributed by atoms with Crippen LogP contribution in [0.2, 0.25) is 0 Å². The number of unbranched alkanes of at least 4 members (excludes halogenated alkanes) is 39. The van der Waals surface area contributed by atoms with Gasteiger partial charge in [0, 0.05) is 19.3 Å². The Morgan fingerprint density at radius 1 is 0.259 bits per heavy atom. The first-order chi connectivity index (χ1) is 40.0. The summed E-state index contributed by atoms with van der Waals surface area (Å²) in [5.41, 5.74) is 0. The van der Waals surface area contributed by atoms with Gasteiger partial charge in [0.05, 0.1) is 0 Å². The van der Waals surface area contributed by atoms with Crippen molar-refractivity contribution in [3.05, 3.63) is 85.1 Å². The molecule has 0 amide bonds. The van der Waals surface area contributed by atoms with Gasteiger partial charge in [0.1, 0.15) is 13.2 Å². The third-order valence-electron chi connectivity index (χ3n) is 15.4. The lowest BCUT2D eigenvalue weighted by atomic mass is 10.0. The summed E-state index contributed by atoms with van der Waals surface area (Å²) < 4.78 is 17.0. The van der Waals surface area contributed by atoms with Crippen LogP contribution in [0.15, 0.2) is 85.1 Å². The minimum Gasteiger partial charge on any atom is -0.462 e. The second kappa shape index (κ2) is 69.1. The molecule has 0 radical (unpaired) electrons. The van der Waals surface area contributed by atoms with E-state index in [0.717, 1.165) is 116 Å². The molecule has 0 aromatic carbocycles. The first-order valence-corrected chi connectivity index (χ1v) is 35.1. The number of rotatable bonds is 64. The normalized spacial score (nSPS) is 12.6. The zero-order valence-corrected chi connectivity index (χ0v) is 53.8. The van der Waals surface area contributed by atoms with Gasteiger partial charge in [0.25, 0.3) is 0 Å². The Kier molecular flexibility index (Phi) is 66.2. The fourth-order valence-electron chi connectivity index (χ4n) is 10.2. The van der Waals surface area contributed by atoms with Crippen LogP contribution in [-0.2, 0) is 28.6 Å². The molecule has 0 fully saturated rings. The minimum atomic E-state index is -0.789. The van der Waals surface area contributed by atoms with E-state index < -0.39 is 6.10 Å². The predicted octanol–water partition coefficient (Wildman–Crippen LogP) is 24.2. The van der Waals surface area contributed by atoms with Gasteiger partial charge in [-0.2, -0.15) is 0 Å². The van der Waals surface area contributed by atoms with Gasteiger partial charge >= 0.3 is 17.9 Å². The summed E-state index contributed by atoms with van der Waals surface area (Å²) in [6.07, 6.45) is 91.9. The molecular formula is C75H132O6. The van der Waals surface area contributed by atoms with Gasteiger partial charge in [-0.3, -0.25) is 14.4 Å². The third-order valence-corrected chi connectivity index (χ3v) is 15.4. The fraction of sp³-hybridized carbons (Fsp3) is 0.773. The van der Waals surface area contributed by atoms with Gasteiger partial charge in [-0.15, -0.1) is 0 Å². The fourth-order valence-corrected chi connectivity index (χ4v) is 10.2. The van der Waals surface area contributed by atoms with E-state index in [0.29, 0.717) is 19.3 Å². The maximum Gasteiger partial charge on any atom is 0.306 e. The Bertz CT molecular complexity index is 1530. The van der Waals surface area contributed by atoms with Gasteiger partial charge in [-0.25, -0.2) is 0 Å². The number of hydrogen-bond donors (Lipinski definition) is 0. The van der Waals surface area contributed by atoms with Crippen molar-refractivity contribution < 1.29 is 28.6 Å². The molecule has 0 aromatic heterocycles. The van der Waals surface area contributed by atoms with Crippen LogP contribution >= 0.6 is 0 Å². The Hall–Kier alpha value is -3.41. The van der Waals surface area contributed by atoms with Crippen molar-refractivity contribution >= 4 is 17.9 Å². The van der Waals surface area contributed by atoms with Crippen molar-refractivity contribution in [2.75, 3.05) is 13.2 Å². The van der Waals surface area contributed by atoms with E-state index in [9.17, 15) is 14.4 Å². The van der Waals surface area contributed by atoms with Crippen LogP contribution in [0.3, 0.4) is 0 Å². The van der Waals surface area contributed by atoms with Gasteiger partial charge in [0.2, 0.25) is 0 Å². The van der Waals surface area contributed by atoms with Gasteiger partial charge in [-0.1, -0.05) is 324 Å². The summed E-state index contributed by atoms with van der Waals surface area (Å²) in [4.78, 5) is 38.4. The summed E-state index contributed by atoms with van der Waals surface area (Å²) in [6.45, 7) is 6.53. The zero-order chi connectivity index (χ0) is 58.5. The Morgan fingerprint density at radius 3 is 0.790 bits per heavy atom. The first-order valence-electron chi connectivity index (χ1n) is 35.1. The summed E-state index contributed by atoms with van der Waals surface area (Å²) in [5, 5.41) is 0. The second-order valence-electron chi connectivity index (χ2n) is 23.4. The average Bonchev–Trinajstić information content (AvgIpc) is 3.47. The Morgan fingerprint density at radius 2 is 0.481 bits per heavy atom. The topological polar surface area (TPSA) is 78.9 Å². The standard InChI is InChI=1S/C75H132O6/c1-4-7-10-13-16-19-22-25-27-29-31-33-35-37-39-40-42-44-46-48-50-53-56-59-62-65-68-74(77)80-71-72(70-79-73(76)67-64-61-58-55-52-24-21-18-15-12-9-6-3)81-75(78)69-66-63-60-57-54-51-49-47-45-43-41-38-36-34-32-30-28-26-23-20-17-14-11-8-5-2/h8,11,17-18,20-21,26,28,32,34,38,41,45,47,72H,4-7,9-10,12-16,19,22-25,27,29-31,33,35-37,39-40,42-44,46,48-71H2,1-3H3/b11-8-,20-17-,21-18-,28-26-,34-32-,41-38-,47-45-. The summed E-state index contributed by atoms with van der Waals surface area (Å²) >= 11 is 0. The lowest BCUT2D eigenvalue weighted by Gasteiger charge is -2.18. The highest BCUT2D eigenvalue weighted by molar-refractivity contribution is 5.71. The van der Waals surface area contributed by atoms with Crippen LogP contribution in [0, 0.1) is 0 Å². The molecule has 1 atom stereocenters. The van der Waals surface area contributed by atoms with Gasteiger partial charge < -0.3 is 14.2 Å². The van der Waals surface area contributed by atoms with E-state index in [2.05, 4.69) is 106 Å². The maximum atomic E-state index is 12.9. The largest absolute Gasteiger partial charge is 0.462 e. The van der Waals surface area contributed by atoms with E-state index in [4.69, 9.17) is 14.2 Å². The SMILES string of the molecule is CC/C=C\C/C=C\C/C=C\C/C=C\C/C=C\C/C=C\CCCCCCCCC(=O)OC(COC(=O)CCCCCCC/C=C\CCCCC)COC(=O)CCCCCCCCCCCCCCCCCCCCCCCCCCCC. The number of esters is 3. The molecule has 0 aliphatic heterocycles. The molecule has 81 heavy (non-hydrogen) atoms. The summed E-state index contributed by atoms with van der Waals surface area (Å²) in [6, 6.07) is 0. The highest BCUT2D eigenvalue weighted by Crippen LogP contribution is 2.18. The van der Waals surface area contributed by atoms with Gasteiger partial charge in [0.15, 0.2) is 6.10 Å². The molecule has 6 heteroatoms. The molecule has 0 aromatic rings. The molecule has 0 aliphatic carbocycles. The summed E-state index contributed by atoms with van der Waals surface area (Å²) in [7, 11) is 0. The quantitative estimate of drug-likeness (QED) is 0.0261. The predicted molar refractivity (Wildman–Crippen MR) is 353 cm³/mol. The third kappa shape index (κ3) is 67.3. The average molecular weight is 1130 g/mol. The molecule has 0 aliphatic rings. The number of allylic oxidation sites excluding steroid dienone is 14. The van der Waals surface area contributed by atoms with Crippen LogP contribution in [0.4, 0.5) is 0 Å². The zero-order valence-electron chi connectivity index (χ0n) is 53.8. The van der Waals surface area contributed by atoms with E-state index >= 15 is 0 Å². The van der Waals surface area contributed by atoms with E-state index in [-0.39, 0.29) is 31.1 Å². The molecular weight excluding hydrogens is 997 g/mol. The lowest BCUT2D eigenvalue weighted by molar-refractivity contribution is -0.167. The maximum absolute atomic E-state index is 12.9. The molecule has 0 saturated heterocycles. The van der Waals surface area contributed by atoms with E-state index in [1.807, 2.05) is 0 Å². The van der Waals surface area contributed by atoms with Crippen LogP contribution in [0.5, 0.6) is 0 Å². The lowest BCUT2D eigenvalue weighted by Crippen LogP contribution is -2.30. The van der Waals surface area contributed by atoms with Crippen molar-refractivity contribution in [2.45, 2.75) is 361 Å². The van der Waals surface area contributed by atoms with Crippen LogP contribution in [0.25, 0.3) is 0 Å². The van der Waals surface area contributed by atoms with Crippen LogP contribution in [-0.4, -0.2) is 37.2 Å². The molecule has 0 rings (SSSR count). The smallest absolute Gasteiger partial charge is 0.306 e. The number of ether oxygens (including phenoxy) is 3. The Balaban J connectivity index is 4.27. The monoisotopic (exact) mass is 1130 g/mol. The van der Waals surface area contributed by atoms with Crippen molar-refractivity contribution in [1.29, 1.82) is 0 Å². The summed E-state index contributed by atoms with van der Waals surface area (Å²) in [5.74, 6) is -0.890. The molecule has 0 spiro atoms. The number of carbonyl (C=O) groups excluding carboxylic acids is 3. The molecule has 468 valence electrons. The minimum absolute atomic E-state index is 0.0822. The van der Waals surface area contributed by atoms with Gasteiger partial charge in [-0.05, 0) is 96.3 Å². The van der Waals surface area contributed by atoms with Crippen molar-refractivity contribution in [3.8, 4) is 0 Å². The molecule has 0 saturated carbocycles. The van der Waals surface area contributed by atoms with Crippen molar-refractivity contribution in [2.24, 2.45) is 0 Å². The van der Waals surface area contributed by atoms with E-state index in [1.165, 1.54) is 199 Å². The van der Waals surface area contributed by atoms with Crippen LogP contribution in [0.1, 0.15) is 355 Å². The number of hydrogen-bond acceptors (Lipinski definition) is 6. The van der Waals surface area contributed by atoms with Crippen LogP contribution < -0.4 is 0 Å².